The van der Waals surface area contributed by atoms with Crippen LogP contribution in [0.4, 0.5) is 17.1 Å². The minimum atomic E-state index is -3.80. The Morgan fingerprint density at radius 1 is 1.03 bits per heavy atom. The third-order valence-electron chi connectivity index (χ3n) is 5.58. The van der Waals surface area contributed by atoms with E-state index in [9.17, 15) is 18.3 Å². The summed E-state index contributed by atoms with van der Waals surface area (Å²) in [4.78, 5) is 12.7. The quantitative estimate of drug-likeness (QED) is 0.169. The normalized spacial score (nSPS) is 11.8. The number of ether oxygens (including phenoxy) is 3. The highest BCUT2D eigenvalue weighted by molar-refractivity contribution is 7.89. The average Bonchev–Trinajstić information content (AvgIpc) is 2.94. The maximum atomic E-state index is 12.7. The fraction of sp³-hybridized carbons (Fsp3) is 0.320. The number of aromatic nitrogens is 1. The maximum Gasteiger partial charge on any atom is 0.277 e. The molecule has 2 aromatic carbocycles. The molecular weight excluding hydrogens is 530 g/mol. The summed E-state index contributed by atoms with van der Waals surface area (Å²) < 4.78 is 44.3. The van der Waals surface area contributed by atoms with Gasteiger partial charge in [-0.2, -0.15) is 5.11 Å². The van der Waals surface area contributed by atoms with Gasteiger partial charge in [0.2, 0.25) is 15.9 Å². The number of pyridine rings is 1. The number of nitrogens with zero attached hydrogens (tertiary/aromatic N) is 3. The van der Waals surface area contributed by atoms with Crippen molar-refractivity contribution in [2.75, 3.05) is 39.8 Å². The molecule has 13 nitrogen and oxygen atoms in total. The number of aromatic hydroxyl groups is 1. The van der Waals surface area contributed by atoms with Gasteiger partial charge in [0.05, 0.1) is 50.7 Å². The predicted octanol–water partition coefficient (Wildman–Crippen LogP) is 2.19. The zero-order valence-corrected chi connectivity index (χ0v) is 22.3. The third-order valence-corrected chi connectivity index (χ3v) is 6.99. The van der Waals surface area contributed by atoms with E-state index < -0.39 is 21.5 Å². The van der Waals surface area contributed by atoms with Crippen molar-refractivity contribution in [3.63, 3.8) is 0 Å². The van der Waals surface area contributed by atoms with Crippen LogP contribution in [0.1, 0.15) is 11.1 Å². The fourth-order valence-electron chi connectivity index (χ4n) is 3.49. The lowest BCUT2D eigenvalue weighted by Gasteiger charge is -2.15. The van der Waals surface area contributed by atoms with Gasteiger partial charge in [-0.15, -0.1) is 5.11 Å². The molecule has 0 saturated heterocycles. The first-order chi connectivity index (χ1) is 18.7. The Morgan fingerprint density at radius 2 is 1.72 bits per heavy atom. The number of aliphatic hydroxyl groups excluding tert-OH is 1. The van der Waals surface area contributed by atoms with Crippen LogP contribution in [0, 0.1) is 0 Å². The number of aliphatic hydroxyl groups is 1. The van der Waals surface area contributed by atoms with Gasteiger partial charge in [-0.05, 0) is 42.0 Å². The molecule has 210 valence electrons. The monoisotopic (exact) mass is 561 g/mol. The van der Waals surface area contributed by atoms with E-state index >= 15 is 0 Å². The summed E-state index contributed by atoms with van der Waals surface area (Å²) >= 11 is 0. The number of hydrogen-bond acceptors (Lipinski definition) is 11. The molecule has 5 N–H and O–H groups in total. The van der Waals surface area contributed by atoms with E-state index in [0.717, 1.165) is 10.1 Å². The zero-order valence-electron chi connectivity index (χ0n) is 21.5. The van der Waals surface area contributed by atoms with Crippen LogP contribution < -0.4 is 20.8 Å². The van der Waals surface area contributed by atoms with Gasteiger partial charge in [0.25, 0.3) is 5.56 Å². The van der Waals surface area contributed by atoms with E-state index in [-0.39, 0.29) is 67.0 Å². The minimum Gasteiger partial charge on any atom is -0.497 e. The van der Waals surface area contributed by atoms with Crippen LogP contribution in [-0.4, -0.2) is 57.2 Å². The molecule has 39 heavy (non-hydrogen) atoms. The summed E-state index contributed by atoms with van der Waals surface area (Å²) in [6.07, 6.45) is 0. The van der Waals surface area contributed by atoms with Gasteiger partial charge in [0.15, 0.2) is 5.69 Å². The minimum absolute atomic E-state index is 0.0264. The van der Waals surface area contributed by atoms with Crippen molar-refractivity contribution in [2.24, 2.45) is 10.2 Å². The number of benzene rings is 2. The Bertz CT molecular complexity index is 1440. The molecule has 0 amide bonds. The topological polar surface area (TPSA) is 187 Å². The SMILES string of the molecule is COCc1c(/N=N/c2ccc(S(=O)(=O)NCc3ccc(OC)cc3)cc2)c(O)n(CCOCCO)c(=O)c1N. The average molecular weight is 562 g/mol. The molecule has 0 aliphatic heterocycles. The second-order valence-corrected chi connectivity index (χ2v) is 9.92. The standard InChI is InChI=1S/C25H31N5O8S/c1-36-16-21-22(26)24(32)30(11-13-38-14-12-31)25(33)23(21)29-28-18-5-9-20(10-6-18)39(34,35)27-15-17-3-7-19(37-2)8-4-17/h3-10,27,31,33H,11-16,26H2,1-2H3/b29-28+. The van der Waals surface area contributed by atoms with Crippen molar-refractivity contribution in [2.45, 2.75) is 24.6 Å². The molecule has 0 atom stereocenters. The van der Waals surface area contributed by atoms with E-state index in [1.165, 1.54) is 31.4 Å². The zero-order chi connectivity index (χ0) is 28.4. The molecule has 1 aromatic heterocycles. The molecule has 14 heteroatoms. The highest BCUT2D eigenvalue weighted by Gasteiger charge is 2.20. The van der Waals surface area contributed by atoms with Gasteiger partial charge < -0.3 is 30.2 Å². The van der Waals surface area contributed by atoms with E-state index in [4.69, 9.17) is 25.1 Å². The van der Waals surface area contributed by atoms with Crippen molar-refractivity contribution in [3.05, 3.63) is 70.0 Å². The predicted molar refractivity (Wildman–Crippen MR) is 143 cm³/mol. The van der Waals surface area contributed by atoms with Gasteiger partial charge in [0, 0.05) is 19.2 Å². The smallest absolute Gasteiger partial charge is 0.277 e. The first-order valence-corrected chi connectivity index (χ1v) is 13.3. The molecule has 0 bridgehead atoms. The lowest BCUT2D eigenvalue weighted by atomic mass is 10.2. The van der Waals surface area contributed by atoms with Crippen molar-refractivity contribution < 1.29 is 32.8 Å². The summed E-state index contributed by atoms with van der Waals surface area (Å²) in [5.74, 6) is 0.182. The number of hydrogen-bond donors (Lipinski definition) is 4. The second kappa shape index (κ2) is 13.8. The molecule has 0 unspecified atom stereocenters. The van der Waals surface area contributed by atoms with Crippen molar-refractivity contribution in [1.82, 2.24) is 9.29 Å². The van der Waals surface area contributed by atoms with Crippen molar-refractivity contribution >= 4 is 27.1 Å². The molecular formula is C25H31N5O8S. The van der Waals surface area contributed by atoms with E-state index in [1.807, 2.05) is 0 Å². The number of anilines is 1. The second-order valence-electron chi connectivity index (χ2n) is 8.16. The van der Waals surface area contributed by atoms with Crippen LogP contribution in [0.25, 0.3) is 0 Å². The highest BCUT2D eigenvalue weighted by Crippen LogP contribution is 2.34. The van der Waals surface area contributed by atoms with E-state index in [2.05, 4.69) is 15.0 Å². The molecule has 3 rings (SSSR count). The van der Waals surface area contributed by atoms with Crippen LogP contribution in [0.3, 0.4) is 0 Å². The largest absolute Gasteiger partial charge is 0.497 e. The Labute approximate surface area is 225 Å². The molecule has 3 aromatic rings. The molecule has 0 fully saturated rings. The Balaban J connectivity index is 1.80. The molecule has 0 aliphatic rings. The van der Waals surface area contributed by atoms with Crippen molar-refractivity contribution in [1.29, 1.82) is 0 Å². The number of nitrogens with one attached hydrogen (secondary N) is 1. The summed E-state index contributed by atoms with van der Waals surface area (Å²) in [7, 11) is -0.854. The molecule has 0 radical (unpaired) electrons. The Hall–Kier alpha value is -3.82. The van der Waals surface area contributed by atoms with Crippen LogP contribution in [0.2, 0.25) is 0 Å². The van der Waals surface area contributed by atoms with Crippen LogP contribution >= 0.6 is 0 Å². The summed E-state index contributed by atoms with van der Waals surface area (Å²) in [6.45, 7) is -0.133. The van der Waals surface area contributed by atoms with E-state index in [1.54, 1.807) is 31.4 Å². The number of nitrogen functional groups attached to an aromatic ring is 1. The molecule has 0 spiro atoms. The summed E-state index contributed by atoms with van der Waals surface area (Å²) in [5, 5.41) is 27.8. The molecule has 0 saturated carbocycles. The number of methoxy groups -OCH3 is 2. The van der Waals surface area contributed by atoms with Crippen LogP contribution in [0.15, 0.2) is 68.4 Å². The summed E-state index contributed by atoms with van der Waals surface area (Å²) in [6, 6.07) is 12.6. The molecule has 0 aliphatic carbocycles. The van der Waals surface area contributed by atoms with Gasteiger partial charge in [-0.1, -0.05) is 12.1 Å². The van der Waals surface area contributed by atoms with Gasteiger partial charge in [0.1, 0.15) is 11.4 Å². The van der Waals surface area contributed by atoms with Gasteiger partial charge >= 0.3 is 0 Å². The number of sulfonamides is 1. The number of nitrogens with two attached hydrogens (primary N) is 1. The van der Waals surface area contributed by atoms with Gasteiger partial charge in [-0.25, -0.2) is 13.1 Å². The third kappa shape index (κ3) is 7.61. The lowest BCUT2D eigenvalue weighted by molar-refractivity contribution is 0.0854. The maximum absolute atomic E-state index is 12.7. The van der Waals surface area contributed by atoms with Crippen LogP contribution in [0.5, 0.6) is 11.6 Å². The Kier molecular flexibility index (Phi) is 10.5. The highest BCUT2D eigenvalue weighted by atomic mass is 32.2. The number of rotatable bonds is 14. The van der Waals surface area contributed by atoms with E-state index in [0.29, 0.717) is 5.75 Å². The fourth-order valence-corrected chi connectivity index (χ4v) is 4.51. The van der Waals surface area contributed by atoms with Crippen molar-refractivity contribution in [3.8, 4) is 11.6 Å². The first-order valence-electron chi connectivity index (χ1n) is 11.8. The number of azo groups is 1. The first kappa shape index (κ1) is 29.7. The Morgan fingerprint density at radius 3 is 2.33 bits per heavy atom. The van der Waals surface area contributed by atoms with Crippen LogP contribution in [-0.2, 0) is 39.2 Å². The molecule has 1 heterocycles. The lowest BCUT2D eigenvalue weighted by Crippen LogP contribution is -2.26. The van der Waals surface area contributed by atoms with Gasteiger partial charge in [-0.3, -0.25) is 9.36 Å². The summed E-state index contributed by atoms with van der Waals surface area (Å²) in [5.41, 5.74) is 6.31.